The second-order valence-corrected chi connectivity index (χ2v) is 5.54. The third-order valence-electron chi connectivity index (χ3n) is 3.81. The summed E-state index contributed by atoms with van der Waals surface area (Å²) in [6.07, 6.45) is 2.70. The molecule has 0 aliphatic rings. The Labute approximate surface area is 117 Å². The Balaban J connectivity index is 4.79. The predicted octanol–water partition coefficient (Wildman–Crippen LogP) is 1.10. The summed E-state index contributed by atoms with van der Waals surface area (Å²) >= 11 is 0. The number of carbonyl (C=O) groups is 1. The monoisotopic (exact) mass is 273 g/mol. The van der Waals surface area contributed by atoms with Crippen molar-refractivity contribution in [2.24, 2.45) is 11.5 Å². The van der Waals surface area contributed by atoms with Crippen molar-refractivity contribution in [1.29, 1.82) is 0 Å². The minimum absolute atomic E-state index is 0.197. The molecular formula is C14H31N3O2. The van der Waals surface area contributed by atoms with Crippen LogP contribution in [0, 0.1) is 0 Å². The summed E-state index contributed by atoms with van der Waals surface area (Å²) in [5.74, 6) is -0.449. The van der Waals surface area contributed by atoms with E-state index in [2.05, 4.69) is 25.7 Å². The van der Waals surface area contributed by atoms with Crippen molar-refractivity contribution in [3.8, 4) is 0 Å². The minimum Gasteiger partial charge on any atom is -0.383 e. The summed E-state index contributed by atoms with van der Waals surface area (Å²) < 4.78 is 5.17. The predicted molar refractivity (Wildman–Crippen MR) is 78.8 cm³/mol. The lowest BCUT2D eigenvalue weighted by Gasteiger charge is -2.38. The van der Waals surface area contributed by atoms with E-state index in [1.165, 1.54) is 0 Å². The second kappa shape index (κ2) is 8.51. The summed E-state index contributed by atoms with van der Waals surface area (Å²) in [5, 5.41) is 0. The highest BCUT2D eigenvalue weighted by molar-refractivity contribution is 5.83. The first-order valence-electron chi connectivity index (χ1n) is 7.13. The standard InChI is InChI=1S/C14H31N3O2/c1-6-12(7-2)17(8-9-19-5)11(3)10-14(4,16)13(15)18/h11-12H,6-10,16H2,1-5H3,(H2,15,18). The smallest absolute Gasteiger partial charge is 0.237 e. The fourth-order valence-electron chi connectivity index (χ4n) is 2.55. The van der Waals surface area contributed by atoms with E-state index in [-0.39, 0.29) is 6.04 Å². The van der Waals surface area contributed by atoms with Crippen molar-refractivity contribution in [2.75, 3.05) is 20.3 Å². The number of methoxy groups -OCH3 is 1. The molecule has 0 aromatic heterocycles. The van der Waals surface area contributed by atoms with Gasteiger partial charge in [0, 0.05) is 25.7 Å². The zero-order valence-corrected chi connectivity index (χ0v) is 13.1. The molecule has 0 saturated carbocycles. The molecule has 2 atom stereocenters. The highest BCUT2D eigenvalue weighted by Crippen LogP contribution is 2.19. The van der Waals surface area contributed by atoms with Crippen LogP contribution in [-0.4, -0.2) is 48.7 Å². The van der Waals surface area contributed by atoms with Gasteiger partial charge in [0.2, 0.25) is 5.91 Å². The number of amides is 1. The first-order valence-corrected chi connectivity index (χ1v) is 7.13. The Morgan fingerprint density at radius 1 is 1.37 bits per heavy atom. The molecule has 114 valence electrons. The molecule has 0 heterocycles. The van der Waals surface area contributed by atoms with E-state index in [4.69, 9.17) is 16.2 Å². The molecule has 0 rings (SSSR count). The first kappa shape index (κ1) is 18.4. The summed E-state index contributed by atoms with van der Waals surface area (Å²) in [6.45, 7) is 9.68. The average molecular weight is 273 g/mol. The maximum atomic E-state index is 11.4. The zero-order chi connectivity index (χ0) is 15.1. The van der Waals surface area contributed by atoms with Gasteiger partial charge in [0.1, 0.15) is 0 Å². The molecule has 0 spiro atoms. The van der Waals surface area contributed by atoms with E-state index in [9.17, 15) is 4.79 Å². The number of nitrogens with zero attached hydrogens (tertiary/aromatic N) is 1. The van der Waals surface area contributed by atoms with Crippen LogP contribution in [0.25, 0.3) is 0 Å². The van der Waals surface area contributed by atoms with Gasteiger partial charge in [0.05, 0.1) is 12.1 Å². The third kappa shape index (κ3) is 5.89. The lowest BCUT2D eigenvalue weighted by atomic mass is 9.92. The van der Waals surface area contributed by atoms with Crippen LogP contribution in [0.2, 0.25) is 0 Å². The van der Waals surface area contributed by atoms with Crippen molar-refractivity contribution < 1.29 is 9.53 Å². The molecule has 4 N–H and O–H groups in total. The largest absolute Gasteiger partial charge is 0.383 e. The van der Waals surface area contributed by atoms with Crippen molar-refractivity contribution in [1.82, 2.24) is 4.90 Å². The molecule has 0 saturated heterocycles. The Kier molecular flexibility index (Phi) is 8.22. The molecule has 0 aromatic carbocycles. The number of nitrogens with two attached hydrogens (primary N) is 2. The van der Waals surface area contributed by atoms with Gasteiger partial charge < -0.3 is 16.2 Å². The van der Waals surface area contributed by atoms with Crippen LogP contribution in [-0.2, 0) is 9.53 Å². The number of hydrogen-bond acceptors (Lipinski definition) is 4. The average Bonchev–Trinajstić information content (AvgIpc) is 2.33. The number of primary amides is 1. The van der Waals surface area contributed by atoms with Crippen LogP contribution >= 0.6 is 0 Å². The number of carbonyl (C=O) groups excluding carboxylic acids is 1. The van der Waals surface area contributed by atoms with Gasteiger partial charge in [-0.2, -0.15) is 0 Å². The van der Waals surface area contributed by atoms with Crippen LogP contribution in [0.1, 0.15) is 47.0 Å². The molecule has 5 heteroatoms. The molecule has 0 aliphatic heterocycles. The van der Waals surface area contributed by atoms with Gasteiger partial charge in [-0.25, -0.2) is 0 Å². The molecule has 0 fully saturated rings. The Hall–Kier alpha value is -0.650. The van der Waals surface area contributed by atoms with Crippen LogP contribution in [0.15, 0.2) is 0 Å². The van der Waals surface area contributed by atoms with E-state index in [0.717, 1.165) is 19.4 Å². The van der Waals surface area contributed by atoms with Crippen molar-refractivity contribution in [3.05, 3.63) is 0 Å². The highest BCUT2D eigenvalue weighted by Gasteiger charge is 2.31. The van der Waals surface area contributed by atoms with E-state index in [1.807, 2.05) is 0 Å². The van der Waals surface area contributed by atoms with Gasteiger partial charge in [-0.3, -0.25) is 9.69 Å². The van der Waals surface area contributed by atoms with Gasteiger partial charge in [-0.15, -0.1) is 0 Å². The maximum Gasteiger partial charge on any atom is 0.237 e. The molecule has 0 radical (unpaired) electrons. The topological polar surface area (TPSA) is 81.6 Å². The second-order valence-electron chi connectivity index (χ2n) is 5.54. The van der Waals surface area contributed by atoms with Gasteiger partial charge in [0.15, 0.2) is 0 Å². The zero-order valence-electron chi connectivity index (χ0n) is 13.1. The van der Waals surface area contributed by atoms with E-state index >= 15 is 0 Å². The molecule has 0 aliphatic carbocycles. The molecule has 5 nitrogen and oxygen atoms in total. The summed E-state index contributed by atoms with van der Waals surface area (Å²) in [4.78, 5) is 13.7. The molecule has 2 unspecified atom stereocenters. The summed E-state index contributed by atoms with van der Waals surface area (Å²) in [6, 6.07) is 0.677. The summed E-state index contributed by atoms with van der Waals surface area (Å²) in [5.41, 5.74) is 10.4. The molecule has 19 heavy (non-hydrogen) atoms. The number of ether oxygens (including phenoxy) is 1. The third-order valence-corrected chi connectivity index (χ3v) is 3.81. The fraction of sp³-hybridized carbons (Fsp3) is 0.929. The van der Waals surface area contributed by atoms with Gasteiger partial charge in [0.25, 0.3) is 0 Å². The van der Waals surface area contributed by atoms with E-state index in [0.29, 0.717) is 19.1 Å². The van der Waals surface area contributed by atoms with Crippen LogP contribution in [0.3, 0.4) is 0 Å². The van der Waals surface area contributed by atoms with Crippen molar-refractivity contribution >= 4 is 5.91 Å². The van der Waals surface area contributed by atoms with E-state index in [1.54, 1.807) is 14.0 Å². The number of rotatable bonds is 10. The summed E-state index contributed by atoms with van der Waals surface area (Å²) in [7, 11) is 1.70. The molecule has 0 bridgehead atoms. The van der Waals surface area contributed by atoms with Crippen LogP contribution in [0.4, 0.5) is 0 Å². The normalized spacial score (nSPS) is 16.6. The van der Waals surface area contributed by atoms with Crippen molar-refractivity contribution in [3.63, 3.8) is 0 Å². The number of hydrogen-bond donors (Lipinski definition) is 2. The Morgan fingerprint density at radius 3 is 2.26 bits per heavy atom. The molecule has 0 aromatic rings. The lowest BCUT2D eigenvalue weighted by Crippen LogP contribution is -2.55. The molecular weight excluding hydrogens is 242 g/mol. The lowest BCUT2D eigenvalue weighted by molar-refractivity contribution is -0.123. The Bertz CT molecular complexity index is 265. The van der Waals surface area contributed by atoms with Crippen LogP contribution < -0.4 is 11.5 Å². The highest BCUT2D eigenvalue weighted by atomic mass is 16.5. The van der Waals surface area contributed by atoms with Gasteiger partial charge in [-0.1, -0.05) is 13.8 Å². The van der Waals surface area contributed by atoms with Crippen molar-refractivity contribution in [2.45, 2.75) is 64.6 Å². The van der Waals surface area contributed by atoms with Gasteiger partial charge >= 0.3 is 0 Å². The van der Waals surface area contributed by atoms with E-state index < -0.39 is 11.4 Å². The molecule has 1 amide bonds. The quantitative estimate of drug-likeness (QED) is 0.624. The first-order chi connectivity index (χ1) is 8.80. The maximum absolute atomic E-state index is 11.4. The van der Waals surface area contributed by atoms with Crippen LogP contribution in [0.5, 0.6) is 0 Å². The SMILES string of the molecule is CCC(CC)N(CCOC)C(C)CC(C)(N)C(N)=O. The Morgan fingerprint density at radius 2 is 1.89 bits per heavy atom. The minimum atomic E-state index is -0.962. The van der Waals surface area contributed by atoms with Gasteiger partial charge in [-0.05, 0) is 33.1 Å². The fourth-order valence-corrected chi connectivity index (χ4v) is 2.55.